The van der Waals surface area contributed by atoms with E-state index in [0.29, 0.717) is 25.2 Å². The second-order valence-corrected chi connectivity index (χ2v) is 11.3. The molecule has 1 aliphatic rings. The quantitative estimate of drug-likeness (QED) is 0.534. The number of piperazine rings is 1. The first-order chi connectivity index (χ1) is 16.1. The van der Waals surface area contributed by atoms with E-state index in [0.717, 1.165) is 15.5 Å². The van der Waals surface area contributed by atoms with Gasteiger partial charge < -0.3 is 9.80 Å². The highest BCUT2D eigenvalue weighted by atomic mass is 32.2. The van der Waals surface area contributed by atoms with Crippen LogP contribution in [0.5, 0.6) is 0 Å². The van der Waals surface area contributed by atoms with E-state index in [-0.39, 0.29) is 29.4 Å². The van der Waals surface area contributed by atoms with E-state index in [2.05, 4.69) is 47.3 Å². The van der Waals surface area contributed by atoms with Crippen molar-refractivity contribution in [3.8, 4) is 0 Å². The van der Waals surface area contributed by atoms with Gasteiger partial charge in [0.15, 0.2) is 0 Å². The second-order valence-electron chi connectivity index (χ2n) is 9.26. The highest BCUT2D eigenvalue weighted by Gasteiger charge is 2.30. The number of anilines is 1. The topological polar surface area (TPSA) is 91.6 Å². The van der Waals surface area contributed by atoms with E-state index in [1.165, 1.54) is 18.7 Å². The first-order valence-electron chi connectivity index (χ1n) is 11.5. The molecule has 9 nitrogen and oxygen atoms in total. The molecule has 0 radical (unpaired) electrons. The maximum Gasteiger partial charge on any atom is 0.243 e. The van der Waals surface area contributed by atoms with Gasteiger partial charge >= 0.3 is 0 Å². The van der Waals surface area contributed by atoms with Gasteiger partial charge in [0, 0.05) is 44.5 Å². The molecule has 1 aliphatic heterocycles. The van der Waals surface area contributed by atoms with Gasteiger partial charge in [0.2, 0.25) is 15.9 Å². The summed E-state index contributed by atoms with van der Waals surface area (Å²) in [6.07, 6.45) is 0. The Labute approximate surface area is 201 Å². The Morgan fingerprint density at radius 1 is 1.18 bits per heavy atom. The minimum Gasteiger partial charge on any atom is -0.365 e. The summed E-state index contributed by atoms with van der Waals surface area (Å²) in [7, 11) is -2.41. The fraction of sp³-hybridized carbons (Fsp3) is 0.458. The highest BCUT2D eigenvalue weighted by Crippen LogP contribution is 2.24. The number of hydrogen-bond acceptors (Lipinski definition) is 6. The number of hydrogen-bond donors (Lipinski definition) is 0. The van der Waals surface area contributed by atoms with Crippen LogP contribution in [0.25, 0.3) is 11.0 Å². The van der Waals surface area contributed by atoms with E-state index in [4.69, 9.17) is 0 Å². The van der Waals surface area contributed by atoms with Crippen molar-refractivity contribution in [1.82, 2.24) is 24.2 Å². The van der Waals surface area contributed by atoms with Crippen molar-refractivity contribution in [2.24, 2.45) is 0 Å². The van der Waals surface area contributed by atoms with Gasteiger partial charge in [-0.05, 0) is 63.6 Å². The van der Waals surface area contributed by atoms with Crippen LogP contribution in [0.3, 0.4) is 0 Å². The lowest BCUT2D eigenvalue weighted by Crippen LogP contribution is -2.55. The van der Waals surface area contributed by atoms with Crippen LogP contribution >= 0.6 is 0 Å². The summed E-state index contributed by atoms with van der Waals surface area (Å²) in [5, 5.41) is 8.21. The number of sulfonamides is 1. The summed E-state index contributed by atoms with van der Waals surface area (Å²) in [6.45, 7) is 9.71. The zero-order valence-electron chi connectivity index (χ0n) is 20.3. The summed E-state index contributed by atoms with van der Waals surface area (Å²) in [6, 6.07) is 13.3. The molecule has 2 aromatic carbocycles. The van der Waals surface area contributed by atoms with Gasteiger partial charge in [0.05, 0.1) is 17.0 Å². The molecule has 1 fully saturated rings. The fourth-order valence-corrected chi connectivity index (χ4v) is 5.53. The largest absolute Gasteiger partial charge is 0.365 e. The van der Waals surface area contributed by atoms with Gasteiger partial charge in [0.25, 0.3) is 0 Å². The molecule has 0 bridgehead atoms. The molecule has 0 saturated carbocycles. The van der Waals surface area contributed by atoms with Gasteiger partial charge in [-0.3, -0.25) is 4.79 Å². The molecule has 0 aliphatic carbocycles. The Bertz CT molecular complexity index is 1300. The molecule has 0 spiro atoms. The number of aryl methyl sites for hydroxylation is 1. The lowest BCUT2D eigenvalue weighted by Gasteiger charge is -2.41. The minimum absolute atomic E-state index is 0.101. The Morgan fingerprint density at radius 2 is 1.94 bits per heavy atom. The number of aromatic nitrogens is 3. The number of rotatable bonds is 6. The SMILES string of the molecule is Cc1cccc(N2CCN(C(=O)CN(C)S(=O)(=O)c3ccc4c(c3)nnn4C(C)C)C[C@@H]2C)c1. The van der Waals surface area contributed by atoms with E-state index in [9.17, 15) is 13.2 Å². The van der Waals surface area contributed by atoms with E-state index in [1.54, 1.807) is 21.7 Å². The summed E-state index contributed by atoms with van der Waals surface area (Å²) in [5.74, 6) is -0.200. The zero-order chi connectivity index (χ0) is 24.6. The van der Waals surface area contributed by atoms with Crippen molar-refractivity contribution in [2.45, 2.75) is 44.7 Å². The first-order valence-corrected chi connectivity index (χ1v) is 12.9. The van der Waals surface area contributed by atoms with E-state index in [1.807, 2.05) is 19.9 Å². The molecule has 3 aromatic rings. The molecule has 1 saturated heterocycles. The molecular weight excluding hydrogens is 452 g/mol. The van der Waals surface area contributed by atoms with Gasteiger partial charge in [-0.2, -0.15) is 4.31 Å². The Kier molecular flexibility index (Phi) is 6.64. The molecule has 0 unspecified atom stereocenters. The third kappa shape index (κ3) is 4.65. The normalized spacial score (nSPS) is 17.2. The van der Waals surface area contributed by atoms with Crippen molar-refractivity contribution in [1.29, 1.82) is 0 Å². The predicted octanol–water partition coefficient (Wildman–Crippen LogP) is 2.68. The maximum absolute atomic E-state index is 13.2. The number of amides is 1. The molecule has 1 aromatic heterocycles. The standard InChI is InChI=1S/C24H32N6O3S/c1-17(2)30-23-10-9-21(14-22(23)25-26-30)34(32,33)27(5)16-24(31)28-11-12-29(19(4)15-28)20-8-6-7-18(3)13-20/h6-10,13-14,17,19H,11-12,15-16H2,1-5H3/t19-/m0/s1. The molecule has 1 atom stereocenters. The average Bonchev–Trinajstić information content (AvgIpc) is 3.22. The molecule has 0 N–H and O–H groups in total. The van der Waals surface area contributed by atoms with Crippen LogP contribution < -0.4 is 4.90 Å². The average molecular weight is 485 g/mol. The zero-order valence-corrected chi connectivity index (χ0v) is 21.2. The lowest BCUT2D eigenvalue weighted by atomic mass is 10.1. The van der Waals surface area contributed by atoms with Crippen molar-refractivity contribution >= 4 is 32.7 Å². The van der Waals surface area contributed by atoms with Crippen LogP contribution in [0.2, 0.25) is 0 Å². The Morgan fingerprint density at radius 3 is 2.62 bits per heavy atom. The summed E-state index contributed by atoms with van der Waals surface area (Å²) >= 11 is 0. The van der Waals surface area contributed by atoms with Gasteiger partial charge in [-0.1, -0.05) is 17.3 Å². The van der Waals surface area contributed by atoms with E-state index >= 15 is 0 Å². The molecule has 10 heteroatoms. The monoisotopic (exact) mass is 484 g/mol. The number of likely N-dealkylation sites (N-methyl/N-ethyl adjacent to an activating group) is 1. The summed E-state index contributed by atoms with van der Waals surface area (Å²) in [4.78, 5) is 17.1. The molecule has 182 valence electrons. The van der Waals surface area contributed by atoms with Crippen molar-refractivity contribution in [3.05, 3.63) is 48.0 Å². The fourth-order valence-electron chi connectivity index (χ4n) is 4.39. The van der Waals surface area contributed by atoms with Crippen molar-refractivity contribution in [2.75, 3.05) is 38.1 Å². The maximum atomic E-state index is 13.2. The Balaban J connectivity index is 1.43. The van der Waals surface area contributed by atoms with Crippen LogP contribution in [0.1, 0.15) is 32.4 Å². The second kappa shape index (κ2) is 9.34. The number of carbonyl (C=O) groups is 1. The summed E-state index contributed by atoms with van der Waals surface area (Å²) in [5.41, 5.74) is 3.62. The Hall–Kier alpha value is -2.98. The number of benzene rings is 2. The third-order valence-electron chi connectivity index (χ3n) is 6.31. The third-order valence-corrected chi connectivity index (χ3v) is 8.11. The highest BCUT2D eigenvalue weighted by molar-refractivity contribution is 7.89. The molecule has 34 heavy (non-hydrogen) atoms. The van der Waals surface area contributed by atoms with Gasteiger partial charge in [-0.25, -0.2) is 13.1 Å². The minimum atomic E-state index is -3.85. The van der Waals surface area contributed by atoms with Gasteiger partial charge in [0.1, 0.15) is 5.52 Å². The summed E-state index contributed by atoms with van der Waals surface area (Å²) < 4.78 is 29.2. The van der Waals surface area contributed by atoms with E-state index < -0.39 is 10.0 Å². The van der Waals surface area contributed by atoms with Gasteiger partial charge in [-0.15, -0.1) is 5.10 Å². The number of nitrogens with zero attached hydrogens (tertiary/aromatic N) is 6. The van der Waals surface area contributed by atoms with Crippen LogP contribution in [-0.2, 0) is 14.8 Å². The van der Waals surface area contributed by atoms with Crippen molar-refractivity contribution < 1.29 is 13.2 Å². The molecule has 1 amide bonds. The molecule has 2 heterocycles. The van der Waals surface area contributed by atoms with Crippen LogP contribution in [-0.4, -0.2) is 77.8 Å². The van der Waals surface area contributed by atoms with Crippen LogP contribution in [0.4, 0.5) is 5.69 Å². The van der Waals surface area contributed by atoms with Crippen LogP contribution in [0.15, 0.2) is 47.4 Å². The smallest absolute Gasteiger partial charge is 0.243 e. The molecular formula is C24H32N6O3S. The van der Waals surface area contributed by atoms with Crippen LogP contribution in [0, 0.1) is 6.92 Å². The number of carbonyl (C=O) groups excluding carboxylic acids is 1. The number of fused-ring (bicyclic) bond motifs is 1. The molecule has 4 rings (SSSR count). The van der Waals surface area contributed by atoms with Crippen molar-refractivity contribution in [3.63, 3.8) is 0 Å². The predicted molar refractivity (Wildman–Crippen MR) is 132 cm³/mol. The first kappa shape index (κ1) is 24.2. The lowest BCUT2D eigenvalue weighted by molar-refractivity contribution is -0.131.